The number of aromatic carboxylic acids is 1. The summed E-state index contributed by atoms with van der Waals surface area (Å²) in [6.45, 7) is 2.47. The summed E-state index contributed by atoms with van der Waals surface area (Å²) in [5, 5.41) is 11.7. The Labute approximate surface area is 215 Å². The van der Waals surface area contributed by atoms with Crippen molar-refractivity contribution in [3.63, 3.8) is 0 Å². The maximum Gasteiger partial charge on any atom is 0.335 e. The van der Waals surface area contributed by atoms with Gasteiger partial charge in [0.05, 0.1) is 21.4 Å². The molecule has 2 N–H and O–H groups in total. The molecule has 35 heavy (non-hydrogen) atoms. The summed E-state index contributed by atoms with van der Waals surface area (Å²) in [5.41, 5.74) is 2.32. The number of benzene rings is 3. The molecule has 3 aromatic carbocycles. The molecular weight excluding hydrogens is 563 g/mol. The number of hydrogen-bond acceptors (Lipinski definition) is 5. The Balaban J connectivity index is 1.57. The Hall–Kier alpha value is -3.86. The average molecular weight is 584 g/mol. The van der Waals surface area contributed by atoms with Crippen molar-refractivity contribution in [3.05, 3.63) is 92.7 Å². The highest BCUT2D eigenvalue weighted by atomic mass is 127. The molecule has 1 aliphatic heterocycles. The molecule has 0 spiro atoms. The molecule has 1 fully saturated rings. The first-order valence-corrected chi connectivity index (χ1v) is 11.8. The van der Waals surface area contributed by atoms with Crippen LogP contribution in [0.1, 0.15) is 28.4 Å². The Morgan fingerprint density at radius 2 is 1.77 bits per heavy atom. The number of nitrogens with zero attached hydrogens (tertiary/aromatic N) is 1. The van der Waals surface area contributed by atoms with Gasteiger partial charge in [-0.1, -0.05) is 30.3 Å². The quantitative estimate of drug-likeness (QED) is 0.218. The monoisotopic (exact) mass is 584 g/mol. The molecule has 9 heteroatoms. The Bertz CT molecular complexity index is 1310. The van der Waals surface area contributed by atoms with E-state index in [9.17, 15) is 14.4 Å². The first-order chi connectivity index (χ1) is 16.9. The lowest BCUT2D eigenvalue weighted by molar-refractivity contribution is -0.113. The zero-order chi connectivity index (χ0) is 24.9. The van der Waals surface area contributed by atoms with E-state index in [-0.39, 0.29) is 17.9 Å². The molecule has 0 bridgehead atoms. The number of urea groups is 1. The fraction of sp³-hybridized carbons (Fsp3) is 0.115. The number of carbonyl (C=O) groups is 3. The summed E-state index contributed by atoms with van der Waals surface area (Å²) < 4.78 is 12.5. The molecule has 1 aliphatic rings. The second-order valence-electron chi connectivity index (χ2n) is 7.52. The van der Waals surface area contributed by atoms with Crippen molar-refractivity contribution in [1.82, 2.24) is 5.32 Å². The number of amides is 3. The van der Waals surface area contributed by atoms with Crippen LogP contribution in [-0.4, -0.2) is 29.6 Å². The van der Waals surface area contributed by atoms with Gasteiger partial charge in [-0.15, -0.1) is 0 Å². The van der Waals surface area contributed by atoms with Crippen LogP contribution in [0.25, 0.3) is 6.08 Å². The van der Waals surface area contributed by atoms with E-state index in [0.29, 0.717) is 29.4 Å². The maximum absolute atomic E-state index is 12.9. The molecule has 8 nitrogen and oxygen atoms in total. The number of hydrogen-bond donors (Lipinski definition) is 2. The molecule has 3 aromatic rings. The molecule has 1 saturated heterocycles. The van der Waals surface area contributed by atoms with Crippen LogP contribution in [0.4, 0.5) is 10.5 Å². The van der Waals surface area contributed by atoms with Gasteiger partial charge < -0.3 is 19.9 Å². The van der Waals surface area contributed by atoms with Gasteiger partial charge in [-0.3, -0.25) is 4.79 Å². The summed E-state index contributed by atoms with van der Waals surface area (Å²) in [6.07, 6.45) is 1.60. The number of carboxylic acid groups (broad SMARTS) is 1. The van der Waals surface area contributed by atoms with Crippen LogP contribution >= 0.6 is 22.6 Å². The predicted molar refractivity (Wildman–Crippen MR) is 138 cm³/mol. The summed E-state index contributed by atoms with van der Waals surface area (Å²) >= 11 is 2.12. The van der Waals surface area contributed by atoms with Crippen molar-refractivity contribution in [3.8, 4) is 11.5 Å². The number of halogens is 1. The number of imide groups is 1. The van der Waals surface area contributed by atoms with E-state index in [1.807, 2.05) is 19.1 Å². The van der Waals surface area contributed by atoms with Crippen molar-refractivity contribution in [2.24, 2.45) is 0 Å². The zero-order valence-corrected chi connectivity index (χ0v) is 20.8. The highest BCUT2D eigenvalue weighted by Gasteiger charge is 2.34. The van der Waals surface area contributed by atoms with Gasteiger partial charge in [0.1, 0.15) is 12.3 Å². The molecule has 4 rings (SSSR count). The third kappa shape index (κ3) is 5.46. The van der Waals surface area contributed by atoms with E-state index in [2.05, 4.69) is 27.9 Å². The second-order valence-corrected chi connectivity index (χ2v) is 8.68. The van der Waals surface area contributed by atoms with Gasteiger partial charge in [-0.2, -0.15) is 0 Å². The highest BCUT2D eigenvalue weighted by Crippen LogP contribution is 2.36. The normalized spacial score (nSPS) is 14.2. The van der Waals surface area contributed by atoms with E-state index in [0.717, 1.165) is 14.0 Å². The second kappa shape index (κ2) is 10.6. The highest BCUT2D eigenvalue weighted by molar-refractivity contribution is 14.1. The molecule has 178 valence electrons. The fourth-order valence-electron chi connectivity index (χ4n) is 3.49. The number of ether oxygens (including phenoxy) is 2. The first-order valence-electron chi connectivity index (χ1n) is 10.7. The molecule has 0 radical (unpaired) electrons. The van der Waals surface area contributed by atoms with Crippen molar-refractivity contribution in [2.75, 3.05) is 11.5 Å². The van der Waals surface area contributed by atoms with E-state index in [1.54, 1.807) is 48.5 Å². The van der Waals surface area contributed by atoms with Crippen LogP contribution in [0.15, 0.2) is 72.4 Å². The fourth-order valence-corrected chi connectivity index (χ4v) is 4.27. The zero-order valence-electron chi connectivity index (χ0n) is 18.7. The molecule has 0 saturated carbocycles. The molecule has 0 atom stereocenters. The SMILES string of the molecule is CCOc1cc(/C=C2/NC(=O)N(c3ccccc3)C2=O)cc(I)c1OCc1ccc(C(=O)O)cc1. The minimum absolute atomic E-state index is 0.157. The van der Waals surface area contributed by atoms with E-state index >= 15 is 0 Å². The smallest absolute Gasteiger partial charge is 0.335 e. The number of carboxylic acids is 1. The maximum atomic E-state index is 12.9. The Kier molecular flexibility index (Phi) is 7.35. The number of carbonyl (C=O) groups excluding carboxylic acids is 2. The van der Waals surface area contributed by atoms with E-state index in [4.69, 9.17) is 14.6 Å². The van der Waals surface area contributed by atoms with Gasteiger partial charge in [0, 0.05) is 0 Å². The van der Waals surface area contributed by atoms with E-state index < -0.39 is 17.9 Å². The van der Waals surface area contributed by atoms with Crippen LogP contribution < -0.4 is 19.7 Å². The van der Waals surface area contributed by atoms with Crippen LogP contribution in [0.3, 0.4) is 0 Å². The lowest BCUT2D eigenvalue weighted by Gasteiger charge is -2.15. The summed E-state index contributed by atoms with van der Waals surface area (Å²) in [5.74, 6) is -0.409. The van der Waals surface area contributed by atoms with Gasteiger partial charge >= 0.3 is 12.0 Å². The minimum atomic E-state index is -0.987. The molecule has 0 aromatic heterocycles. The number of anilines is 1. The average Bonchev–Trinajstić information content (AvgIpc) is 3.12. The van der Waals surface area contributed by atoms with Crippen molar-refractivity contribution >= 4 is 52.3 Å². The van der Waals surface area contributed by atoms with E-state index in [1.165, 1.54) is 12.1 Å². The molecular formula is C26H21IN2O6. The molecule has 1 heterocycles. The lowest BCUT2D eigenvalue weighted by Crippen LogP contribution is -2.30. The predicted octanol–water partition coefficient (Wildman–Crippen LogP) is 5.06. The van der Waals surface area contributed by atoms with Gasteiger partial charge in [0.25, 0.3) is 5.91 Å². The summed E-state index contributed by atoms with van der Waals surface area (Å²) in [6, 6.07) is 18.2. The molecule has 0 unspecified atom stereocenters. The van der Waals surface area contributed by atoms with Gasteiger partial charge in [-0.05, 0) is 83.1 Å². The summed E-state index contributed by atoms with van der Waals surface area (Å²) in [4.78, 5) is 37.4. The van der Waals surface area contributed by atoms with Crippen LogP contribution in [0.5, 0.6) is 11.5 Å². The number of nitrogens with one attached hydrogen (secondary N) is 1. The number of para-hydroxylation sites is 1. The van der Waals surface area contributed by atoms with Crippen LogP contribution in [-0.2, 0) is 11.4 Å². The summed E-state index contributed by atoms with van der Waals surface area (Å²) in [7, 11) is 0. The largest absolute Gasteiger partial charge is 0.490 e. The lowest BCUT2D eigenvalue weighted by atomic mass is 10.1. The molecule has 0 aliphatic carbocycles. The van der Waals surface area contributed by atoms with Crippen molar-refractivity contribution in [1.29, 1.82) is 0 Å². The first kappa shape index (κ1) is 24.3. The van der Waals surface area contributed by atoms with Gasteiger partial charge in [0.2, 0.25) is 0 Å². The van der Waals surface area contributed by atoms with Gasteiger partial charge in [0.15, 0.2) is 11.5 Å². The third-order valence-electron chi connectivity index (χ3n) is 5.12. The third-order valence-corrected chi connectivity index (χ3v) is 5.92. The minimum Gasteiger partial charge on any atom is -0.490 e. The Morgan fingerprint density at radius 3 is 2.43 bits per heavy atom. The molecule has 3 amide bonds. The van der Waals surface area contributed by atoms with Crippen LogP contribution in [0.2, 0.25) is 0 Å². The van der Waals surface area contributed by atoms with Crippen molar-refractivity contribution < 1.29 is 29.0 Å². The standard InChI is InChI=1S/C26H21IN2O6/c1-2-34-22-14-17(13-21-24(30)29(26(33)28-21)19-6-4-3-5-7-19)12-20(27)23(22)35-15-16-8-10-18(11-9-16)25(31)32/h3-14H,2,15H2,1H3,(H,28,33)(H,31,32)/b21-13+. The topological polar surface area (TPSA) is 105 Å². The van der Waals surface area contributed by atoms with Crippen molar-refractivity contribution in [2.45, 2.75) is 13.5 Å². The Morgan fingerprint density at radius 1 is 1.06 bits per heavy atom. The van der Waals surface area contributed by atoms with Gasteiger partial charge in [-0.25, -0.2) is 14.5 Å². The number of rotatable bonds is 8. The van der Waals surface area contributed by atoms with Crippen LogP contribution in [0, 0.1) is 3.57 Å².